The van der Waals surface area contributed by atoms with Crippen molar-refractivity contribution in [2.75, 3.05) is 0 Å². The highest BCUT2D eigenvalue weighted by Crippen LogP contribution is 2.26. The van der Waals surface area contributed by atoms with Crippen LogP contribution in [-0.2, 0) is 11.9 Å². The number of ether oxygens (including phenoxy) is 1. The summed E-state index contributed by atoms with van der Waals surface area (Å²) in [5, 5.41) is 1.46. The van der Waals surface area contributed by atoms with Gasteiger partial charge >= 0.3 is 0 Å². The van der Waals surface area contributed by atoms with Gasteiger partial charge in [-0.25, -0.2) is 0 Å². The Morgan fingerprint density at radius 2 is 1.79 bits per heavy atom. The maximum atomic E-state index is 5.99. The maximum absolute atomic E-state index is 5.99. The van der Waals surface area contributed by atoms with Crippen molar-refractivity contribution in [1.82, 2.24) is 0 Å². The lowest BCUT2D eigenvalue weighted by Crippen LogP contribution is -2.02. The minimum atomic E-state index is 0.583. The Balaban J connectivity index is 2.19. The molecule has 19 heavy (non-hydrogen) atoms. The molecule has 0 atom stereocenters. The van der Waals surface area contributed by atoms with Crippen LogP contribution in [0.3, 0.4) is 0 Å². The van der Waals surface area contributed by atoms with Gasteiger partial charge in [0.05, 0.1) is 0 Å². The molecular weight excluding hydrogens is 324 g/mol. The summed E-state index contributed by atoms with van der Waals surface area (Å²) < 4.78 is 5.94. The molecule has 0 fully saturated rings. The fourth-order valence-electron chi connectivity index (χ4n) is 2.02. The van der Waals surface area contributed by atoms with Crippen LogP contribution >= 0.6 is 27.5 Å². The van der Waals surface area contributed by atoms with E-state index in [0.29, 0.717) is 6.61 Å². The normalized spacial score (nSPS) is 10.5. The van der Waals surface area contributed by atoms with Gasteiger partial charge in [0.1, 0.15) is 12.4 Å². The van der Waals surface area contributed by atoms with Crippen molar-refractivity contribution >= 4 is 27.5 Å². The standard InChI is InChI=1S/C16H16BrClO/c1-11-4-3-5-12(2)15(11)10-19-16-7-6-14(18)8-13(16)9-17/h3-8H,9-10H2,1-2H3. The van der Waals surface area contributed by atoms with Crippen LogP contribution in [0.15, 0.2) is 36.4 Å². The fraction of sp³-hybridized carbons (Fsp3) is 0.250. The van der Waals surface area contributed by atoms with Gasteiger partial charge in [-0.2, -0.15) is 0 Å². The third-order valence-corrected chi connectivity index (χ3v) is 4.02. The van der Waals surface area contributed by atoms with Crippen molar-refractivity contribution in [3.05, 3.63) is 63.7 Å². The molecule has 0 spiro atoms. The van der Waals surface area contributed by atoms with E-state index in [1.54, 1.807) is 0 Å². The molecule has 0 heterocycles. The summed E-state index contributed by atoms with van der Waals surface area (Å²) in [6.07, 6.45) is 0. The van der Waals surface area contributed by atoms with Gasteiger partial charge in [0.2, 0.25) is 0 Å². The fourth-order valence-corrected chi connectivity index (χ4v) is 2.65. The lowest BCUT2D eigenvalue weighted by atomic mass is 10.0. The molecule has 0 radical (unpaired) electrons. The molecule has 0 saturated carbocycles. The Labute approximate surface area is 127 Å². The summed E-state index contributed by atoms with van der Waals surface area (Å²) in [6.45, 7) is 4.80. The molecule has 2 rings (SSSR count). The molecule has 0 bridgehead atoms. The predicted molar refractivity (Wildman–Crippen MR) is 84.3 cm³/mol. The van der Waals surface area contributed by atoms with Crippen molar-refractivity contribution in [1.29, 1.82) is 0 Å². The van der Waals surface area contributed by atoms with Crippen molar-refractivity contribution in [2.45, 2.75) is 25.8 Å². The molecule has 2 aromatic carbocycles. The molecule has 0 aromatic heterocycles. The number of benzene rings is 2. The van der Waals surface area contributed by atoms with Crippen LogP contribution in [0.4, 0.5) is 0 Å². The lowest BCUT2D eigenvalue weighted by molar-refractivity contribution is 0.302. The van der Waals surface area contributed by atoms with Gasteiger partial charge in [0, 0.05) is 15.9 Å². The quantitative estimate of drug-likeness (QED) is 0.675. The molecule has 0 aliphatic heterocycles. The van der Waals surface area contributed by atoms with Gasteiger partial charge in [-0.3, -0.25) is 0 Å². The highest BCUT2D eigenvalue weighted by atomic mass is 79.9. The van der Waals surface area contributed by atoms with E-state index in [-0.39, 0.29) is 0 Å². The first-order chi connectivity index (χ1) is 9.11. The monoisotopic (exact) mass is 338 g/mol. The molecule has 0 aliphatic carbocycles. The second kappa shape index (κ2) is 6.44. The molecule has 0 aliphatic rings. The van der Waals surface area contributed by atoms with Gasteiger partial charge < -0.3 is 4.74 Å². The first-order valence-corrected chi connectivity index (χ1v) is 7.64. The summed E-state index contributed by atoms with van der Waals surface area (Å²) in [4.78, 5) is 0. The molecule has 3 heteroatoms. The van der Waals surface area contributed by atoms with E-state index in [1.807, 2.05) is 18.2 Å². The molecule has 0 N–H and O–H groups in total. The number of hydrogen-bond donors (Lipinski definition) is 0. The minimum absolute atomic E-state index is 0.583. The topological polar surface area (TPSA) is 9.23 Å². The van der Waals surface area contributed by atoms with Crippen molar-refractivity contribution in [2.24, 2.45) is 0 Å². The number of rotatable bonds is 4. The van der Waals surface area contributed by atoms with E-state index in [0.717, 1.165) is 21.7 Å². The predicted octanol–water partition coefficient (Wildman–Crippen LogP) is 5.43. The summed E-state index contributed by atoms with van der Waals surface area (Å²) in [7, 11) is 0. The van der Waals surface area contributed by atoms with Crippen LogP contribution in [0.2, 0.25) is 5.02 Å². The zero-order valence-electron chi connectivity index (χ0n) is 11.0. The van der Waals surface area contributed by atoms with Crippen molar-refractivity contribution in [3.8, 4) is 5.75 Å². The van der Waals surface area contributed by atoms with Crippen LogP contribution in [0.1, 0.15) is 22.3 Å². The third-order valence-electron chi connectivity index (χ3n) is 3.18. The molecular formula is C16H16BrClO. The Morgan fingerprint density at radius 1 is 1.11 bits per heavy atom. The molecule has 100 valence electrons. The molecule has 0 unspecified atom stereocenters. The Bertz CT molecular complexity index is 561. The van der Waals surface area contributed by atoms with Crippen molar-refractivity contribution in [3.63, 3.8) is 0 Å². The SMILES string of the molecule is Cc1cccc(C)c1COc1ccc(Cl)cc1CBr. The van der Waals surface area contributed by atoms with Crippen LogP contribution < -0.4 is 4.74 Å². The van der Waals surface area contributed by atoms with E-state index >= 15 is 0 Å². The van der Waals surface area contributed by atoms with Crippen LogP contribution in [0.25, 0.3) is 0 Å². The Morgan fingerprint density at radius 3 is 2.42 bits per heavy atom. The van der Waals surface area contributed by atoms with E-state index in [9.17, 15) is 0 Å². The van der Waals surface area contributed by atoms with E-state index in [2.05, 4.69) is 48.0 Å². The highest BCUT2D eigenvalue weighted by molar-refractivity contribution is 9.08. The average Bonchev–Trinajstić information content (AvgIpc) is 2.39. The Kier molecular flexibility index (Phi) is 4.89. The summed E-state index contributed by atoms with van der Waals surface area (Å²) >= 11 is 9.45. The average molecular weight is 340 g/mol. The third kappa shape index (κ3) is 3.52. The molecule has 1 nitrogen and oxygen atoms in total. The van der Waals surface area contributed by atoms with Gasteiger partial charge in [-0.15, -0.1) is 0 Å². The minimum Gasteiger partial charge on any atom is -0.489 e. The van der Waals surface area contributed by atoms with E-state index in [4.69, 9.17) is 16.3 Å². The zero-order chi connectivity index (χ0) is 13.8. The summed E-state index contributed by atoms with van der Waals surface area (Å²) in [6, 6.07) is 12.0. The smallest absolute Gasteiger partial charge is 0.123 e. The number of halogens is 2. The second-order valence-electron chi connectivity index (χ2n) is 4.54. The molecule has 0 saturated heterocycles. The summed E-state index contributed by atoms with van der Waals surface area (Å²) in [5.41, 5.74) is 4.83. The van der Waals surface area contributed by atoms with Gasteiger partial charge in [-0.05, 0) is 48.7 Å². The first kappa shape index (κ1) is 14.4. The highest BCUT2D eigenvalue weighted by Gasteiger charge is 2.07. The van der Waals surface area contributed by atoms with E-state index < -0.39 is 0 Å². The zero-order valence-corrected chi connectivity index (χ0v) is 13.4. The molecule has 0 amide bonds. The molecule has 2 aromatic rings. The number of alkyl halides is 1. The maximum Gasteiger partial charge on any atom is 0.123 e. The first-order valence-electron chi connectivity index (χ1n) is 6.14. The van der Waals surface area contributed by atoms with Crippen LogP contribution in [-0.4, -0.2) is 0 Å². The Hall–Kier alpha value is -0.990. The summed E-state index contributed by atoms with van der Waals surface area (Å²) in [5.74, 6) is 0.879. The van der Waals surface area contributed by atoms with Gasteiger partial charge in [-0.1, -0.05) is 45.7 Å². The van der Waals surface area contributed by atoms with Crippen LogP contribution in [0, 0.1) is 13.8 Å². The van der Waals surface area contributed by atoms with Gasteiger partial charge in [0.25, 0.3) is 0 Å². The second-order valence-corrected chi connectivity index (χ2v) is 5.54. The van der Waals surface area contributed by atoms with Gasteiger partial charge in [0.15, 0.2) is 0 Å². The van der Waals surface area contributed by atoms with Crippen LogP contribution in [0.5, 0.6) is 5.75 Å². The van der Waals surface area contributed by atoms with Crippen molar-refractivity contribution < 1.29 is 4.74 Å². The lowest BCUT2D eigenvalue weighted by Gasteiger charge is -2.13. The number of aryl methyl sites for hydroxylation is 2. The number of hydrogen-bond acceptors (Lipinski definition) is 1. The largest absolute Gasteiger partial charge is 0.489 e. The van der Waals surface area contributed by atoms with E-state index in [1.165, 1.54) is 16.7 Å².